The Bertz CT molecular complexity index is 806. The van der Waals surface area contributed by atoms with Crippen LogP contribution in [0.5, 0.6) is 0 Å². The molecule has 0 bridgehead atoms. The molecule has 32 heavy (non-hydrogen) atoms. The van der Waals surface area contributed by atoms with Gasteiger partial charge in [0.1, 0.15) is 5.60 Å². The Kier molecular flexibility index (Phi) is 10.4. The van der Waals surface area contributed by atoms with E-state index in [4.69, 9.17) is 18.3 Å². The van der Waals surface area contributed by atoms with Crippen LogP contribution in [-0.2, 0) is 36.1 Å². The molecule has 7 nitrogen and oxygen atoms in total. The highest BCUT2D eigenvalue weighted by Gasteiger charge is 2.28. The summed E-state index contributed by atoms with van der Waals surface area (Å²) in [6, 6.07) is 18.8. The van der Waals surface area contributed by atoms with Crippen molar-refractivity contribution < 1.29 is 27.7 Å². The van der Waals surface area contributed by atoms with E-state index in [1.165, 1.54) is 4.90 Å². The van der Waals surface area contributed by atoms with E-state index in [0.29, 0.717) is 6.54 Å². The first kappa shape index (κ1) is 26.1. The minimum atomic E-state index is -3.88. The van der Waals surface area contributed by atoms with Crippen LogP contribution in [0, 0.1) is 0 Å². The summed E-state index contributed by atoms with van der Waals surface area (Å²) in [7, 11) is -3.88. The molecule has 8 heteroatoms. The molecule has 0 aliphatic heterocycles. The molecule has 0 N–H and O–H groups in total. The van der Waals surface area contributed by atoms with Gasteiger partial charge in [0.25, 0.3) is 0 Å². The van der Waals surface area contributed by atoms with Crippen LogP contribution in [0.15, 0.2) is 60.7 Å². The van der Waals surface area contributed by atoms with Crippen molar-refractivity contribution >= 4 is 13.9 Å². The number of phosphoric acid groups is 1. The Morgan fingerprint density at radius 1 is 0.844 bits per heavy atom. The summed E-state index contributed by atoms with van der Waals surface area (Å²) in [5, 5.41) is 0. The van der Waals surface area contributed by atoms with Crippen molar-refractivity contribution in [1.29, 1.82) is 0 Å². The van der Waals surface area contributed by atoms with Crippen LogP contribution >= 0.6 is 7.82 Å². The Balaban J connectivity index is 2.00. The molecule has 0 unspecified atom stereocenters. The molecule has 0 radical (unpaired) electrons. The lowest BCUT2D eigenvalue weighted by atomic mass is 10.2. The second-order valence-electron chi connectivity index (χ2n) is 8.27. The summed E-state index contributed by atoms with van der Waals surface area (Å²) in [6.07, 6.45) is 0.319. The molecule has 2 rings (SSSR count). The number of phosphoric ester groups is 1. The average molecular weight is 464 g/mol. The number of amides is 1. The van der Waals surface area contributed by atoms with Crippen molar-refractivity contribution in [3.8, 4) is 0 Å². The summed E-state index contributed by atoms with van der Waals surface area (Å²) >= 11 is 0. The quantitative estimate of drug-likeness (QED) is 0.349. The summed E-state index contributed by atoms with van der Waals surface area (Å²) in [5.74, 6) is 0. The first-order chi connectivity index (χ1) is 15.2. The van der Waals surface area contributed by atoms with E-state index < -0.39 is 19.5 Å². The Morgan fingerprint density at radius 3 is 1.78 bits per heavy atom. The fourth-order valence-electron chi connectivity index (χ4n) is 2.72. The third-order valence-electron chi connectivity index (χ3n) is 4.22. The van der Waals surface area contributed by atoms with Gasteiger partial charge in [-0.3, -0.25) is 13.6 Å². The van der Waals surface area contributed by atoms with Crippen molar-refractivity contribution in [1.82, 2.24) is 4.90 Å². The molecule has 0 fully saturated rings. The molecule has 2 aromatic carbocycles. The van der Waals surface area contributed by atoms with Gasteiger partial charge in [-0.05, 0) is 38.3 Å². The van der Waals surface area contributed by atoms with E-state index in [-0.39, 0.29) is 26.4 Å². The van der Waals surface area contributed by atoms with Crippen molar-refractivity contribution in [2.45, 2.75) is 52.9 Å². The van der Waals surface area contributed by atoms with Gasteiger partial charge in [-0.2, -0.15) is 0 Å². The fourth-order valence-corrected chi connectivity index (χ4v) is 3.86. The van der Waals surface area contributed by atoms with Crippen molar-refractivity contribution in [3.63, 3.8) is 0 Å². The molecule has 0 atom stereocenters. The monoisotopic (exact) mass is 463 g/mol. The molecule has 0 spiro atoms. The zero-order valence-corrected chi connectivity index (χ0v) is 20.3. The number of benzene rings is 2. The van der Waals surface area contributed by atoms with E-state index in [2.05, 4.69) is 0 Å². The molecule has 0 aliphatic rings. The van der Waals surface area contributed by atoms with Gasteiger partial charge < -0.3 is 9.64 Å². The molecule has 176 valence electrons. The lowest BCUT2D eigenvalue weighted by molar-refractivity contribution is 0.0201. The number of hydrogen-bond acceptors (Lipinski definition) is 6. The highest BCUT2D eigenvalue weighted by molar-refractivity contribution is 7.48. The van der Waals surface area contributed by atoms with Crippen molar-refractivity contribution in [3.05, 3.63) is 71.8 Å². The zero-order valence-electron chi connectivity index (χ0n) is 19.4. The smallest absolute Gasteiger partial charge is 0.444 e. The van der Waals surface area contributed by atoms with Gasteiger partial charge >= 0.3 is 13.9 Å². The van der Waals surface area contributed by atoms with Crippen LogP contribution in [0.4, 0.5) is 4.79 Å². The molecule has 2 aromatic rings. The zero-order chi connectivity index (χ0) is 23.5. The number of ether oxygens (including phenoxy) is 1. The van der Waals surface area contributed by atoms with Crippen LogP contribution in [0.2, 0.25) is 0 Å². The van der Waals surface area contributed by atoms with Crippen LogP contribution in [0.1, 0.15) is 45.2 Å². The normalized spacial score (nSPS) is 11.9. The number of nitrogens with zero attached hydrogens (tertiary/aromatic N) is 1. The van der Waals surface area contributed by atoms with E-state index in [0.717, 1.165) is 17.5 Å². The largest absolute Gasteiger partial charge is 0.475 e. The number of carbonyl (C=O) groups excluding carboxylic acids is 1. The lowest BCUT2D eigenvalue weighted by Crippen LogP contribution is -2.39. The first-order valence-electron chi connectivity index (χ1n) is 10.8. The summed E-state index contributed by atoms with van der Waals surface area (Å²) in [6.45, 7) is 8.26. The Labute approximate surface area is 191 Å². The van der Waals surface area contributed by atoms with Crippen LogP contribution in [-0.4, -0.2) is 36.3 Å². The van der Waals surface area contributed by atoms with E-state index in [1.54, 1.807) is 0 Å². The topological polar surface area (TPSA) is 74.3 Å². The molecule has 0 saturated heterocycles. The van der Waals surface area contributed by atoms with E-state index in [1.807, 2.05) is 88.4 Å². The van der Waals surface area contributed by atoms with Gasteiger partial charge in [0.2, 0.25) is 0 Å². The Hall–Kier alpha value is -2.18. The number of rotatable bonds is 12. The molecular formula is C24H34NO6P. The summed E-state index contributed by atoms with van der Waals surface area (Å²) < 4.78 is 35.5. The molecular weight excluding hydrogens is 429 g/mol. The average Bonchev–Trinajstić information content (AvgIpc) is 2.76. The fraction of sp³-hybridized carbons (Fsp3) is 0.458. The van der Waals surface area contributed by atoms with Gasteiger partial charge in [0, 0.05) is 13.1 Å². The predicted molar refractivity (Wildman–Crippen MR) is 124 cm³/mol. The highest BCUT2D eigenvalue weighted by Crippen LogP contribution is 2.50. The van der Waals surface area contributed by atoms with Crippen molar-refractivity contribution in [2.24, 2.45) is 0 Å². The number of hydrogen-bond donors (Lipinski definition) is 0. The second-order valence-corrected chi connectivity index (χ2v) is 9.93. The highest BCUT2D eigenvalue weighted by atomic mass is 31.2. The van der Waals surface area contributed by atoms with Crippen LogP contribution in [0.3, 0.4) is 0 Å². The SMILES string of the molecule is CCCN(CCOP(=O)(OCc1ccccc1)OCc1ccccc1)C(=O)OC(C)(C)C. The van der Waals surface area contributed by atoms with Crippen molar-refractivity contribution in [2.75, 3.05) is 19.7 Å². The third kappa shape index (κ3) is 9.96. The molecule has 0 saturated carbocycles. The van der Waals surface area contributed by atoms with Crippen LogP contribution in [0.25, 0.3) is 0 Å². The third-order valence-corrected chi connectivity index (χ3v) is 5.61. The molecule has 1 amide bonds. The maximum Gasteiger partial charge on any atom is 0.475 e. The van der Waals surface area contributed by atoms with Gasteiger partial charge in [-0.1, -0.05) is 67.6 Å². The van der Waals surface area contributed by atoms with Gasteiger partial charge in [-0.15, -0.1) is 0 Å². The van der Waals surface area contributed by atoms with E-state index >= 15 is 0 Å². The minimum Gasteiger partial charge on any atom is -0.444 e. The Morgan fingerprint density at radius 2 is 1.34 bits per heavy atom. The second kappa shape index (κ2) is 12.8. The maximum absolute atomic E-state index is 13.3. The first-order valence-corrected chi connectivity index (χ1v) is 12.3. The summed E-state index contributed by atoms with van der Waals surface area (Å²) in [5.41, 5.74) is 1.10. The predicted octanol–water partition coefficient (Wildman–Crippen LogP) is 6.19. The standard InChI is InChI=1S/C24H34NO6P/c1-5-16-25(23(26)31-24(2,3)4)17-18-28-32(27,29-19-21-12-8-6-9-13-21)30-20-22-14-10-7-11-15-22/h6-15H,5,16-20H2,1-4H3. The minimum absolute atomic E-state index is 0.0138. The maximum atomic E-state index is 13.3. The number of carbonyl (C=O) groups is 1. The summed E-state index contributed by atoms with van der Waals surface area (Å²) in [4.78, 5) is 14.0. The van der Waals surface area contributed by atoms with Gasteiger partial charge in [-0.25, -0.2) is 9.36 Å². The van der Waals surface area contributed by atoms with E-state index in [9.17, 15) is 9.36 Å². The molecule has 0 heterocycles. The molecule has 0 aliphatic carbocycles. The van der Waals surface area contributed by atoms with Gasteiger partial charge in [0.05, 0.1) is 19.8 Å². The lowest BCUT2D eigenvalue weighted by Gasteiger charge is -2.27. The molecule has 0 aromatic heterocycles. The van der Waals surface area contributed by atoms with Crippen LogP contribution < -0.4 is 0 Å². The van der Waals surface area contributed by atoms with Gasteiger partial charge in [0.15, 0.2) is 0 Å².